The van der Waals surface area contributed by atoms with Crippen molar-refractivity contribution in [1.82, 2.24) is 10.6 Å². The Kier molecular flexibility index (Phi) is 9.79. The summed E-state index contributed by atoms with van der Waals surface area (Å²) in [4.78, 5) is 4.17. The number of halogens is 2. The van der Waals surface area contributed by atoms with Gasteiger partial charge in [-0.15, -0.1) is 24.0 Å². The smallest absolute Gasteiger partial charge is 0.191 e. The molecule has 142 valence electrons. The number of hydrogen-bond acceptors (Lipinski definition) is 3. The van der Waals surface area contributed by atoms with E-state index in [-0.39, 0.29) is 35.9 Å². The molecular weight excluding hydrogens is 448 g/mol. The minimum atomic E-state index is -0.240. The number of benzene rings is 2. The highest BCUT2D eigenvalue weighted by Gasteiger charge is 2.06. The first-order chi connectivity index (χ1) is 12.1. The molecule has 2 rings (SSSR count). The van der Waals surface area contributed by atoms with Crippen LogP contribution in [0.3, 0.4) is 0 Å². The Bertz CT molecular complexity index is 678. The fourth-order valence-corrected chi connectivity index (χ4v) is 2.18. The molecule has 0 fully saturated rings. The van der Waals surface area contributed by atoms with Crippen LogP contribution in [0.5, 0.6) is 11.5 Å². The predicted octanol–water partition coefficient (Wildman–Crippen LogP) is 3.58. The van der Waals surface area contributed by atoms with Gasteiger partial charge in [0.05, 0.1) is 13.7 Å². The van der Waals surface area contributed by atoms with E-state index in [1.807, 2.05) is 31.2 Å². The summed E-state index contributed by atoms with van der Waals surface area (Å²) >= 11 is 0. The minimum Gasteiger partial charge on any atom is -0.497 e. The second-order valence-corrected chi connectivity index (χ2v) is 5.54. The molecule has 0 heterocycles. The molecule has 0 aromatic heterocycles. The van der Waals surface area contributed by atoms with E-state index in [1.165, 1.54) is 12.1 Å². The highest BCUT2D eigenvalue weighted by molar-refractivity contribution is 14.0. The molecule has 1 unspecified atom stereocenters. The first kappa shape index (κ1) is 22.0. The molecular formula is C19H25FIN3O2. The van der Waals surface area contributed by atoms with E-state index in [0.717, 1.165) is 17.1 Å². The van der Waals surface area contributed by atoms with Crippen LogP contribution in [0.15, 0.2) is 53.5 Å². The van der Waals surface area contributed by atoms with Gasteiger partial charge in [-0.2, -0.15) is 0 Å². The third kappa shape index (κ3) is 7.47. The van der Waals surface area contributed by atoms with E-state index >= 15 is 0 Å². The Morgan fingerprint density at radius 1 is 1.04 bits per heavy atom. The maximum absolute atomic E-state index is 12.9. The molecule has 0 aliphatic heterocycles. The van der Waals surface area contributed by atoms with Crippen LogP contribution in [0.4, 0.5) is 4.39 Å². The van der Waals surface area contributed by atoms with E-state index in [0.29, 0.717) is 19.0 Å². The zero-order valence-electron chi connectivity index (χ0n) is 15.2. The van der Waals surface area contributed by atoms with Crippen molar-refractivity contribution in [2.45, 2.75) is 19.6 Å². The van der Waals surface area contributed by atoms with Crippen molar-refractivity contribution < 1.29 is 13.9 Å². The summed E-state index contributed by atoms with van der Waals surface area (Å²) in [7, 11) is 3.34. The first-order valence-electron chi connectivity index (χ1n) is 8.10. The lowest BCUT2D eigenvalue weighted by atomic mass is 10.2. The number of methoxy groups -OCH3 is 1. The largest absolute Gasteiger partial charge is 0.497 e. The Labute approximate surface area is 171 Å². The lowest BCUT2D eigenvalue weighted by Crippen LogP contribution is -2.41. The van der Waals surface area contributed by atoms with E-state index in [1.54, 1.807) is 26.3 Å². The molecule has 2 aromatic carbocycles. The fourth-order valence-electron chi connectivity index (χ4n) is 2.18. The van der Waals surface area contributed by atoms with Gasteiger partial charge in [0.1, 0.15) is 23.4 Å². The summed E-state index contributed by atoms with van der Waals surface area (Å²) in [5, 5.41) is 6.39. The van der Waals surface area contributed by atoms with E-state index in [4.69, 9.17) is 9.47 Å². The summed E-state index contributed by atoms with van der Waals surface area (Å²) in [6, 6.07) is 13.8. The van der Waals surface area contributed by atoms with Crippen LogP contribution in [-0.4, -0.2) is 32.8 Å². The van der Waals surface area contributed by atoms with Crippen molar-refractivity contribution in [3.63, 3.8) is 0 Å². The number of ether oxygens (including phenoxy) is 2. The Balaban J connectivity index is 0.00000338. The van der Waals surface area contributed by atoms with Crippen molar-refractivity contribution in [3.05, 3.63) is 59.9 Å². The maximum atomic E-state index is 12.9. The van der Waals surface area contributed by atoms with Crippen molar-refractivity contribution in [2.24, 2.45) is 4.99 Å². The SMILES string of the molecule is CN=C(NCc1ccc(F)cc1)NCC(C)Oc1ccc(OC)cc1.I. The number of aliphatic imine (C=N–C) groups is 1. The second-order valence-electron chi connectivity index (χ2n) is 5.54. The number of rotatable bonds is 7. The quantitative estimate of drug-likeness (QED) is 0.367. The van der Waals surface area contributed by atoms with Crippen LogP contribution in [0.25, 0.3) is 0 Å². The average molecular weight is 473 g/mol. The summed E-state index contributed by atoms with van der Waals surface area (Å²) in [6.07, 6.45) is -0.0437. The lowest BCUT2D eigenvalue weighted by molar-refractivity contribution is 0.223. The summed E-state index contributed by atoms with van der Waals surface area (Å²) < 4.78 is 23.9. The molecule has 5 nitrogen and oxygen atoms in total. The molecule has 0 amide bonds. The zero-order chi connectivity index (χ0) is 18.1. The molecule has 0 radical (unpaired) electrons. The van der Waals surface area contributed by atoms with Gasteiger partial charge in [0, 0.05) is 13.6 Å². The molecule has 1 atom stereocenters. The van der Waals surface area contributed by atoms with Crippen LogP contribution in [0, 0.1) is 5.82 Å². The lowest BCUT2D eigenvalue weighted by Gasteiger charge is -2.18. The van der Waals surface area contributed by atoms with E-state index < -0.39 is 0 Å². The number of nitrogens with zero attached hydrogens (tertiary/aromatic N) is 1. The molecule has 7 heteroatoms. The van der Waals surface area contributed by atoms with Crippen molar-refractivity contribution in [1.29, 1.82) is 0 Å². The average Bonchev–Trinajstić information content (AvgIpc) is 2.64. The van der Waals surface area contributed by atoms with Crippen molar-refractivity contribution >= 4 is 29.9 Å². The predicted molar refractivity (Wildman–Crippen MR) is 113 cm³/mol. The molecule has 0 aliphatic carbocycles. The Hall–Kier alpha value is -2.03. The highest BCUT2D eigenvalue weighted by Crippen LogP contribution is 2.17. The van der Waals surface area contributed by atoms with Gasteiger partial charge >= 0.3 is 0 Å². The second kappa shape index (κ2) is 11.6. The number of nitrogens with one attached hydrogen (secondary N) is 2. The number of guanidine groups is 1. The molecule has 0 saturated heterocycles. The van der Waals surface area contributed by atoms with Gasteiger partial charge in [-0.1, -0.05) is 12.1 Å². The zero-order valence-corrected chi connectivity index (χ0v) is 17.5. The summed E-state index contributed by atoms with van der Waals surface area (Å²) in [6.45, 7) is 3.13. The highest BCUT2D eigenvalue weighted by atomic mass is 127. The first-order valence-corrected chi connectivity index (χ1v) is 8.10. The fraction of sp³-hybridized carbons (Fsp3) is 0.316. The Morgan fingerprint density at radius 2 is 1.65 bits per heavy atom. The van der Waals surface area contributed by atoms with Crippen LogP contribution < -0.4 is 20.1 Å². The van der Waals surface area contributed by atoms with Crippen LogP contribution in [0.2, 0.25) is 0 Å². The molecule has 0 saturated carbocycles. The molecule has 2 N–H and O–H groups in total. The van der Waals surface area contributed by atoms with Crippen LogP contribution in [-0.2, 0) is 6.54 Å². The topological polar surface area (TPSA) is 54.9 Å². The van der Waals surface area contributed by atoms with E-state index in [2.05, 4.69) is 15.6 Å². The van der Waals surface area contributed by atoms with Crippen molar-refractivity contribution in [3.8, 4) is 11.5 Å². The van der Waals surface area contributed by atoms with Crippen molar-refractivity contribution in [2.75, 3.05) is 20.7 Å². The Morgan fingerprint density at radius 3 is 2.23 bits per heavy atom. The van der Waals surface area contributed by atoms with Gasteiger partial charge in [0.25, 0.3) is 0 Å². The molecule has 26 heavy (non-hydrogen) atoms. The van der Waals surface area contributed by atoms with Gasteiger partial charge < -0.3 is 20.1 Å². The van der Waals surface area contributed by atoms with Gasteiger partial charge in [0.2, 0.25) is 0 Å². The third-order valence-corrected chi connectivity index (χ3v) is 3.55. The van der Waals surface area contributed by atoms with Gasteiger partial charge in [-0.05, 0) is 48.9 Å². The normalized spacial score (nSPS) is 11.9. The maximum Gasteiger partial charge on any atom is 0.191 e. The van der Waals surface area contributed by atoms with Crippen LogP contribution in [0.1, 0.15) is 12.5 Å². The standard InChI is InChI=1S/C19H24FN3O2.HI/c1-14(25-18-10-8-17(24-3)9-11-18)12-22-19(21-2)23-13-15-4-6-16(20)7-5-15;/h4-11,14H,12-13H2,1-3H3,(H2,21,22,23);1H. The van der Waals surface area contributed by atoms with Gasteiger partial charge in [-0.3, -0.25) is 4.99 Å². The third-order valence-electron chi connectivity index (χ3n) is 3.55. The molecule has 0 spiro atoms. The summed E-state index contributed by atoms with van der Waals surface area (Å²) in [5.74, 6) is 2.00. The molecule has 0 aliphatic rings. The van der Waals surface area contributed by atoms with E-state index in [9.17, 15) is 4.39 Å². The van der Waals surface area contributed by atoms with Gasteiger partial charge in [0.15, 0.2) is 5.96 Å². The number of hydrogen-bond donors (Lipinski definition) is 2. The molecule has 0 bridgehead atoms. The summed E-state index contributed by atoms with van der Waals surface area (Å²) in [5.41, 5.74) is 0.979. The van der Waals surface area contributed by atoms with Crippen LogP contribution >= 0.6 is 24.0 Å². The molecule has 2 aromatic rings. The van der Waals surface area contributed by atoms with Gasteiger partial charge in [-0.25, -0.2) is 4.39 Å². The monoisotopic (exact) mass is 473 g/mol. The minimum absolute atomic E-state index is 0.